The number of fused-ring (bicyclic) bond motifs is 5. The van der Waals surface area contributed by atoms with Crippen LogP contribution in [0.25, 0.3) is 0 Å². The van der Waals surface area contributed by atoms with Crippen molar-refractivity contribution in [3.05, 3.63) is 24.0 Å². The molecule has 0 heterocycles. The number of carbonyl (C=O) groups excluding carboxylic acids is 2. The number of carbonyl (C=O) groups is 2. The third-order valence-corrected chi connectivity index (χ3v) is 3.83. The van der Waals surface area contributed by atoms with Crippen molar-refractivity contribution in [3.8, 4) is 0 Å². The van der Waals surface area contributed by atoms with Gasteiger partial charge in [0, 0.05) is 17.9 Å². The molecule has 4 atom stereocenters. The van der Waals surface area contributed by atoms with Gasteiger partial charge in [-0.2, -0.15) is 0 Å². The minimum Gasteiger partial charge on any atom is -0.493 e. The summed E-state index contributed by atoms with van der Waals surface area (Å²) in [4.78, 5) is 23.8. The molecule has 3 rings (SSSR count). The van der Waals surface area contributed by atoms with Gasteiger partial charge < -0.3 is 4.74 Å². The first-order chi connectivity index (χ1) is 7.22. The summed E-state index contributed by atoms with van der Waals surface area (Å²) in [7, 11) is 1.44. The van der Waals surface area contributed by atoms with Gasteiger partial charge in [-0.05, 0) is 18.3 Å². The molecule has 0 aliphatic heterocycles. The van der Waals surface area contributed by atoms with Crippen molar-refractivity contribution < 1.29 is 14.3 Å². The fourth-order valence-corrected chi connectivity index (χ4v) is 3.19. The lowest BCUT2D eigenvalue weighted by molar-refractivity contribution is -0.132. The van der Waals surface area contributed by atoms with E-state index in [9.17, 15) is 9.59 Å². The summed E-state index contributed by atoms with van der Waals surface area (Å²) in [6.07, 6.45) is 6.49. The SMILES string of the molecule is COC1=CC(=O)[C@H]2[C@@H](C1=O)[C@H]1C=C[C@@H]2C1. The van der Waals surface area contributed by atoms with Gasteiger partial charge in [-0.15, -0.1) is 0 Å². The van der Waals surface area contributed by atoms with Crippen molar-refractivity contribution in [3.63, 3.8) is 0 Å². The van der Waals surface area contributed by atoms with E-state index in [0.29, 0.717) is 0 Å². The Morgan fingerprint density at radius 2 is 1.87 bits per heavy atom. The molecule has 0 aromatic carbocycles. The van der Waals surface area contributed by atoms with Crippen LogP contribution in [0.5, 0.6) is 0 Å². The second-order valence-electron chi connectivity index (χ2n) is 4.48. The zero-order valence-corrected chi connectivity index (χ0v) is 8.47. The fraction of sp³-hybridized carbons (Fsp3) is 0.500. The summed E-state index contributed by atoms with van der Waals surface area (Å²) in [6.45, 7) is 0. The van der Waals surface area contributed by atoms with Crippen LogP contribution in [0.15, 0.2) is 24.0 Å². The molecule has 0 unspecified atom stereocenters. The number of hydrogen-bond donors (Lipinski definition) is 0. The summed E-state index contributed by atoms with van der Waals surface area (Å²) in [5.74, 6) is 0.606. The van der Waals surface area contributed by atoms with Gasteiger partial charge in [0.05, 0.1) is 7.11 Å². The van der Waals surface area contributed by atoms with Crippen LogP contribution in [0, 0.1) is 23.7 Å². The van der Waals surface area contributed by atoms with Crippen molar-refractivity contribution in [2.75, 3.05) is 7.11 Å². The van der Waals surface area contributed by atoms with E-state index in [4.69, 9.17) is 4.74 Å². The molecule has 15 heavy (non-hydrogen) atoms. The first-order valence-corrected chi connectivity index (χ1v) is 5.24. The van der Waals surface area contributed by atoms with E-state index in [0.717, 1.165) is 6.42 Å². The monoisotopic (exact) mass is 204 g/mol. The molecule has 0 spiro atoms. The number of methoxy groups -OCH3 is 1. The molecule has 0 aromatic heterocycles. The normalized spacial score (nSPS) is 41.8. The predicted molar refractivity (Wildman–Crippen MR) is 52.8 cm³/mol. The number of hydrogen-bond acceptors (Lipinski definition) is 3. The number of ketones is 2. The molecule has 0 N–H and O–H groups in total. The van der Waals surface area contributed by atoms with E-state index < -0.39 is 0 Å². The number of Topliss-reactive ketones (excluding diaryl/α,β-unsaturated/α-hetero) is 1. The highest BCUT2D eigenvalue weighted by Crippen LogP contribution is 2.51. The van der Waals surface area contributed by atoms with Crippen molar-refractivity contribution in [2.24, 2.45) is 23.7 Å². The highest BCUT2D eigenvalue weighted by Gasteiger charge is 2.53. The molecule has 0 amide bonds. The topological polar surface area (TPSA) is 43.4 Å². The predicted octanol–water partition coefficient (Wildman–Crippen LogP) is 1.11. The molecular formula is C12H12O3. The Balaban J connectivity index is 2.05. The highest BCUT2D eigenvalue weighted by molar-refractivity contribution is 6.10. The Bertz CT molecular complexity index is 405. The molecule has 2 bridgehead atoms. The molecule has 3 aliphatic rings. The van der Waals surface area contributed by atoms with Gasteiger partial charge in [0.2, 0.25) is 5.78 Å². The maximum atomic E-state index is 12.0. The van der Waals surface area contributed by atoms with Crippen LogP contribution < -0.4 is 0 Å². The van der Waals surface area contributed by atoms with E-state index in [1.807, 2.05) is 0 Å². The molecule has 78 valence electrons. The van der Waals surface area contributed by atoms with Gasteiger partial charge in [-0.25, -0.2) is 0 Å². The average Bonchev–Trinajstić information content (AvgIpc) is 2.83. The van der Waals surface area contributed by atoms with Crippen LogP contribution >= 0.6 is 0 Å². The Morgan fingerprint density at radius 3 is 2.53 bits per heavy atom. The second kappa shape index (κ2) is 2.81. The summed E-state index contributed by atoms with van der Waals surface area (Å²) in [5.41, 5.74) is 0. The summed E-state index contributed by atoms with van der Waals surface area (Å²) in [5, 5.41) is 0. The summed E-state index contributed by atoms with van der Waals surface area (Å²) < 4.78 is 4.96. The first-order valence-electron chi connectivity index (χ1n) is 5.24. The average molecular weight is 204 g/mol. The van der Waals surface area contributed by atoms with Gasteiger partial charge in [0.1, 0.15) is 0 Å². The van der Waals surface area contributed by atoms with Crippen LogP contribution in [0.2, 0.25) is 0 Å². The van der Waals surface area contributed by atoms with Crippen LogP contribution in [0.1, 0.15) is 6.42 Å². The van der Waals surface area contributed by atoms with Gasteiger partial charge in [-0.1, -0.05) is 12.2 Å². The lowest BCUT2D eigenvalue weighted by Gasteiger charge is -2.28. The van der Waals surface area contributed by atoms with Gasteiger partial charge in [0.25, 0.3) is 0 Å². The van der Waals surface area contributed by atoms with Crippen molar-refractivity contribution in [2.45, 2.75) is 6.42 Å². The maximum absolute atomic E-state index is 12.0. The highest BCUT2D eigenvalue weighted by atomic mass is 16.5. The molecule has 0 saturated heterocycles. The number of rotatable bonds is 1. The number of allylic oxidation sites excluding steroid dienone is 4. The Kier molecular flexibility index (Phi) is 1.67. The quantitative estimate of drug-likeness (QED) is 0.601. The third kappa shape index (κ3) is 1.01. The van der Waals surface area contributed by atoms with Gasteiger partial charge in [-0.3, -0.25) is 9.59 Å². The van der Waals surface area contributed by atoms with Crippen molar-refractivity contribution in [1.82, 2.24) is 0 Å². The maximum Gasteiger partial charge on any atom is 0.201 e. The molecule has 3 heteroatoms. The standard InChI is InChI=1S/C12H12O3/c1-15-9-5-8(13)10-6-2-3-7(4-6)11(10)12(9)14/h2-3,5-7,10-11H,4H2,1H3/t6-,7+,10+,11+/m1/s1. The lowest BCUT2D eigenvalue weighted by Crippen LogP contribution is -2.37. The van der Waals surface area contributed by atoms with E-state index >= 15 is 0 Å². The fourth-order valence-electron chi connectivity index (χ4n) is 3.19. The lowest BCUT2D eigenvalue weighted by atomic mass is 9.74. The van der Waals surface area contributed by atoms with E-state index in [-0.39, 0.29) is 41.0 Å². The van der Waals surface area contributed by atoms with E-state index in [1.165, 1.54) is 13.2 Å². The zero-order valence-electron chi connectivity index (χ0n) is 8.47. The Labute approximate surface area is 87.8 Å². The van der Waals surface area contributed by atoms with Gasteiger partial charge >= 0.3 is 0 Å². The molecule has 3 aliphatic carbocycles. The molecule has 1 saturated carbocycles. The minimum atomic E-state index is -0.146. The van der Waals surface area contributed by atoms with Gasteiger partial charge in [0.15, 0.2) is 11.5 Å². The first kappa shape index (κ1) is 8.89. The second-order valence-corrected chi connectivity index (χ2v) is 4.48. The minimum absolute atomic E-state index is 0.0129. The molecule has 0 radical (unpaired) electrons. The molecule has 3 nitrogen and oxygen atoms in total. The summed E-state index contributed by atoms with van der Waals surface area (Å²) in [6, 6.07) is 0. The van der Waals surface area contributed by atoms with Crippen LogP contribution in [0.3, 0.4) is 0 Å². The van der Waals surface area contributed by atoms with E-state index in [1.54, 1.807) is 0 Å². The van der Waals surface area contributed by atoms with Crippen LogP contribution in [-0.4, -0.2) is 18.7 Å². The van der Waals surface area contributed by atoms with Crippen molar-refractivity contribution in [1.29, 1.82) is 0 Å². The third-order valence-electron chi connectivity index (χ3n) is 3.83. The smallest absolute Gasteiger partial charge is 0.201 e. The number of ether oxygens (including phenoxy) is 1. The largest absolute Gasteiger partial charge is 0.493 e. The van der Waals surface area contributed by atoms with E-state index in [2.05, 4.69) is 12.2 Å². The Hall–Kier alpha value is -1.38. The molecule has 1 fully saturated rings. The Morgan fingerprint density at radius 1 is 1.20 bits per heavy atom. The van der Waals surface area contributed by atoms with Crippen LogP contribution in [0.4, 0.5) is 0 Å². The van der Waals surface area contributed by atoms with Crippen LogP contribution in [-0.2, 0) is 14.3 Å². The van der Waals surface area contributed by atoms with Crippen molar-refractivity contribution >= 4 is 11.6 Å². The molecule has 0 aromatic rings. The molecular weight excluding hydrogens is 192 g/mol. The summed E-state index contributed by atoms with van der Waals surface area (Å²) >= 11 is 0. The zero-order chi connectivity index (χ0) is 10.6.